The smallest absolute Gasteiger partial charge is 0.407 e. The first-order valence-electron chi connectivity index (χ1n) is 21.8. The number of amides is 4. The molecule has 15 nitrogen and oxygen atoms in total. The highest BCUT2D eigenvalue weighted by Gasteiger charge is 2.46. The molecule has 5 N–H and O–H groups in total. The number of cyclic esters (lactones) is 1. The number of allylic oxidation sites excluding steroid dienone is 3. The predicted octanol–water partition coefficient (Wildman–Crippen LogP) is 4.84. The average molecular weight is 878 g/mol. The van der Waals surface area contributed by atoms with E-state index in [2.05, 4.69) is 47.7 Å². The number of hydrogen-bond acceptors (Lipinski definition) is 11. The number of aryl methyl sites for hydroxylation is 1. The Morgan fingerprint density at radius 1 is 1.06 bits per heavy atom. The highest BCUT2D eigenvalue weighted by atomic mass is 32.1. The fourth-order valence-corrected chi connectivity index (χ4v) is 10.4. The van der Waals surface area contributed by atoms with Gasteiger partial charge in [-0.1, -0.05) is 77.1 Å². The van der Waals surface area contributed by atoms with E-state index in [1.54, 1.807) is 37.6 Å². The summed E-state index contributed by atoms with van der Waals surface area (Å²) in [4.78, 5) is 74.1. The number of carbonyl (C=O) groups is 5. The van der Waals surface area contributed by atoms with Crippen molar-refractivity contribution in [2.24, 2.45) is 29.1 Å². The average Bonchev–Trinajstić information content (AvgIpc) is 3.82. The predicted molar refractivity (Wildman–Crippen MR) is 232 cm³/mol. The van der Waals surface area contributed by atoms with Crippen LogP contribution in [0.3, 0.4) is 0 Å². The Bertz CT molecular complexity index is 1990. The van der Waals surface area contributed by atoms with Crippen LogP contribution in [0.2, 0.25) is 0 Å². The van der Waals surface area contributed by atoms with Crippen LogP contribution in [0.4, 0.5) is 4.79 Å². The van der Waals surface area contributed by atoms with Crippen molar-refractivity contribution in [3.05, 3.63) is 64.8 Å². The summed E-state index contributed by atoms with van der Waals surface area (Å²) >= 11 is 1.56. The molecule has 62 heavy (non-hydrogen) atoms. The van der Waals surface area contributed by atoms with Crippen LogP contribution in [0.1, 0.15) is 84.4 Å². The van der Waals surface area contributed by atoms with E-state index in [9.17, 15) is 39.3 Å². The fraction of sp³-hybridized carbons (Fsp3) is 0.609. The van der Waals surface area contributed by atoms with Gasteiger partial charge in [-0.25, -0.2) is 9.78 Å². The zero-order chi connectivity index (χ0) is 44.9. The van der Waals surface area contributed by atoms with Crippen LogP contribution in [-0.4, -0.2) is 123 Å². The summed E-state index contributed by atoms with van der Waals surface area (Å²) in [5, 5.41) is 37.0. The van der Waals surface area contributed by atoms with Gasteiger partial charge in [0.25, 0.3) is 0 Å². The van der Waals surface area contributed by atoms with E-state index in [0.717, 1.165) is 27.3 Å². The normalized spacial score (nSPS) is 27.7. The molecule has 1 unspecified atom stereocenters. The quantitative estimate of drug-likeness (QED) is 0.121. The molecule has 0 radical (unpaired) electrons. The summed E-state index contributed by atoms with van der Waals surface area (Å²) < 4.78 is 11.3. The summed E-state index contributed by atoms with van der Waals surface area (Å²) in [6.07, 6.45) is 5.64. The molecule has 2 fully saturated rings. The van der Waals surface area contributed by atoms with Gasteiger partial charge in [0.15, 0.2) is 0 Å². The number of aliphatic hydroxyl groups excluding tert-OH is 2. The lowest BCUT2D eigenvalue weighted by atomic mass is 9.64. The van der Waals surface area contributed by atoms with Crippen LogP contribution >= 0.6 is 11.3 Å². The molecule has 0 bridgehead atoms. The fourth-order valence-electron chi connectivity index (χ4n) is 9.58. The Balaban J connectivity index is 1.03. The molecular formula is C46H63N5O10S. The molecule has 2 saturated heterocycles. The molecule has 0 saturated carbocycles. The van der Waals surface area contributed by atoms with Crippen LogP contribution in [-0.2, 0) is 35.2 Å². The monoisotopic (exact) mass is 877 g/mol. The minimum atomic E-state index is -1.09. The molecule has 1 aromatic heterocycles. The molecule has 338 valence electrons. The Morgan fingerprint density at radius 2 is 1.81 bits per heavy atom. The van der Waals surface area contributed by atoms with Gasteiger partial charge in [0.05, 0.1) is 41.3 Å². The van der Waals surface area contributed by atoms with Crippen LogP contribution in [0.15, 0.2) is 53.6 Å². The van der Waals surface area contributed by atoms with Crippen molar-refractivity contribution in [2.45, 2.75) is 123 Å². The van der Waals surface area contributed by atoms with Crippen LogP contribution in [0, 0.1) is 36.0 Å². The lowest BCUT2D eigenvalue weighted by Crippen LogP contribution is -2.58. The lowest BCUT2D eigenvalue weighted by Gasteiger charge is -2.47. The van der Waals surface area contributed by atoms with Crippen molar-refractivity contribution in [3.8, 4) is 10.4 Å². The minimum Gasteiger partial charge on any atom is -0.465 e. The van der Waals surface area contributed by atoms with Crippen molar-refractivity contribution in [1.82, 2.24) is 25.4 Å². The molecular weight excluding hydrogens is 815 g/mol. The highest BCUT2D eigenvalue weighted by Crippen LogP contribution is 2.46. The second kappa shape index (κ2) is 20.2. The third kappa shape index (κ3) is 11.5. The Hall–Kier alpha value is -4.64. The molecule has 0 spiro atoms. The molecule has 4 aliphatic rings. The molecule has 16 heteroatoms. The van der Waals surface area contributed by atoms with Crippen molar-refractivity contribution < 1.29 is 48.8 Å². The number of carbonyl (C=O) groups excluding carboxylic acids is 4. The van der Waals surface area contributed by atoms with Gasteiger partial charge in [-0.2, -0.15) is 0 Å². The molecule has 3 heterocycles. The van der Waals surface area contributed by atoms with E-state index in [-0.39, 0.29) is 74.9 Å². The number of esters is 1. The maximum atomic E-state index is 14.1. The number of nitrogens with zero attached hydrogens (tertiary/aromatic N) is 3. The van der Waals surface area contributed by atoms with Crippen LogP contribution in [0.25, 0.3) is 10.4 Å². The number of likely N-dealkylation sites (tertiary alicyclic amines) is 1. The number of aromatic nitrogens is 1. The molecule has 4 amide bonds. The van der Waals surface area contributed by atoms with Crippen LogP contribution in [0.5, 0.6) is 0 Å². The van der Waals surface area contributed by atoms with Gasteiger partial charge in [0.1, 0.15) is 24.8 Å². The number of thiazole rings is 1. The number of benzene rings is 1. The second-order valence-corrected chi connectivity index (χ2v) is 19.5. The molecule has 2 aliphatic heterocycles. The molecule has 6 rings (SSSR count). The first kappa shape index (κ1) is 46.9. The summed E-state index contributed by atoms with van der Waals surface area (Å²) in [5.74, 6) is -1.65. The van der Waals surface area contributed by atoms with Gasteiger partial charge in [0, 0.05) is 44.4 Å². The Labute approximate surface area is 367 Å². The van der Waals surface area contributed by atoms with Crippen molar-refractivity contribution in [2.75, 3.05) is 26.3 Å². The van der Waals surface area contributed by atoms with Gasteiger partial charge >= 0.3 is 12.1 Å². The number of rotatable bonds is 15. The number of β-amino-alcohol motifs (C(OH)–C–C–N with tert-alkyl or cyclic N) is 1. The first-order chi connectivity index (χ1) is 29.4. The first-order valence-corrected chi connectivity index (χ1v) is 22.7. The summed E-state index contributed by atoms with van der Waals surface area (Å²) in [7, 11) is 0. The standard InChI is InChI=1S/C46H63N5O10S/c1-26-17-31-10-7-27(2)35(14-13-34-19-32(52)21-39(55)61-34)40(31)36(18-26)50(45(58)59)15-16-60-24-38(54)49-42(46(4,5)6)44(57)51-23-33(53)20-37(51)43(56)47-22-29-8-11-30(12-9-29)41-28(3)48-25-62-41/h7-12,17,25-27,32-37,40,42,52-53H,13-16,18-24H2,1-6H3,(H,47,56)(H,49,54)(H,58,59)/t26-,27-,32+,33+,34+,35-,36-,37-,40-,42?/m0/s1. The topological polar surface area (TPSA) is 208 Å². The van der Waals surface area contributed by atoms with Gasteiger partial charge in [-0.15, -0.1) is 11.3 Å². The SMILES string of the molecule is Cc1ncsc1-c1ccc(CNC(=O)[C@@H]2C[C@@H](O)CN2C(=O)C(NC(=O)COCCN(C(=O)O)[C@H]2C[C@@H](C)C=C3C=C[C@H](C)[C@H](CC[C@@H]4C[C@@H](O)CC(=O)O4)[C@H]32)C(C)(C)C)cc1. The van der Waals surface area contributed by atoms with Crippen molar-refractivity contribution in [3.63, 3.8) is 0 Å². The van der Waals surface area contributed by atoms with E-state index in [1.807, 2.05) is 31.2 Å². The number of aliphatic hydroxyl groups is 2. The number of fused-ring (bicyclic) bond motifs is 1. The van der Waals surface area contributed by atoms with E-state index < -0.39 is 66.1 Å². The zero-order valence-electron chi connectivity index (χ0n) is 36.6. The van der Waals surface area contributed by atoms with E-state index in [1.165, 1.54) is 9.80 Å². The maximum Gasteiger partial charge on any atom is 0.407 e. The number of ether oxygens (including phenoxy) is 2. The third-order valence-electron chi connectivity index (χ3n) is 12.7. The largest absolute Gasteiger partial charge is 0.465 e. The molecule has 2 aromatic rings. The maximum absolute atomic E-state index is 14.1. The van der Waals surface area contributed by atoms with Gasteiger partial charge in [-0.05, 0) is 66.1 Å². The minimum absolute atomic E-state index is 0.00197. The van der Waals surface area contributed by atoms with E-state index >= 15 is 0 Å². The number of hydrogen-bond donors (Lipinski definition) is 5. The Morgan fingerprint density at radius 3 is 2.47 bits per heavy atom. The summed E-state index contributed by atoms with van der Waals surface area (Å²) in [6, 6.07) is 5.46. The summed E-state index contributed by atoms with van der Waals surface area (Å²) in [5.41, 5.74) is 4.96. The summed E-state index contributed by atoms with van der Waals surface area (Å²) in [6.45, 7) is 11.2. The molecule has 2 aliphatic carbocycles. The van der Waals surface area contributed by atoms with Crippen LogP contribution < -0.4 is 10.6 Å². The van der Waals surface area contributed by atoms with Crippen molar-refractivity contribution in [1.29, 1.82) is 0 Å². The third-order valence-corrected chi connectivity index (χ3v) is 13.7. The van der Waals surface area contributed by atoms with Gasteiger partial charge in [-0.3, -0.25) is 19.2 Å². The highest BCUT2D eigenvalue weighted by molar-refractivity contribution is 7.13. The number of nitrogens with one attached hydrogen (secondary N) is 2. The molecule has 10 atom stereocenters. The lowest BCUT2D eigenvalue weighted by molar-refractivity contribution is -0.160. The van der Waals surface area contributed by atoms with E-state index in [0.29, 0.717) is 25.7 Å². The van der Waals surface area contributed by atoms with E-state index in [4.69, 9.17) is 9.47 Å². The Kier molecular flexibility index (Phi) is 15.3. The van der Waals surface area contributed by atoms with Gasteiger partial charge in [0.2, 0.25) is 17.7 Å². The van der Waals surface area contributed by atoms with Crippen molar-refractivity contribution >= 4 is 41.1 Å². The number of carboxylic acid groups (broad SMARTS) is 1. The zero-order valence-corrected chi connectivity index (χ0v) is 37.4. The second-order valence-electron chi connectivity index (χ2n) is 18.6. The molecule has 1 aromatic carbocycles. The van der Waals surface area contributed by atoms with Gasteiger partial charge < -0.3 is 45.2 Å².